The van der Waals surface area contributed by atoms with Crippen LogP contribution in [0.3, 0.4) is 0 Å². The molecule has 0 radical (unpaired) electrons. The molecular formula is C16H35NS2. The molecule has 0 fully saturated rings. The zero-order valence-electron chi connectivity index (χ0n) is 14.3. The van der Waals surface area contributed by atoms with E-state index in [0.29, 0.717) is 10.2 Å². The maximum absolute atomic E-state index is 3.96. The van der Waals surface area contributed by atoms with Crippen LogP contribution >= 0.6 is 22.7 Å². The molecule has 116 valence electrons. The molecule has 0 aromatic carbocycles. The van der Waals surface area contributed by atoms with E-state index in [1.165, 1.54) is 11.5 Å². The van der Waals surface area contributed by atoms with Crippen molar-refractivity contribution in [2.45, 2.75) is 58.0 Å². The maximum Gasteiger partial charge on any atom is 0.0421 e. The molecule has 0 heterocycles. The van der Waals surface area contributed by atoms with Crippen LogP contribution in [0, 0.1) is 5.41 Å². The van der Waals surface area contributed by atoms with Crippen LogP contribution in [0.2, 0.25) is 0 Å². The Morgan fingerprint density at radius 2 is 1.63 bits per heavy atom. The Morgan fingerprint density at radius 1 is 1.11 bits per heavy atom. The lowest BCUT2D eigenvalue weighted by Gasteiger charge is -2.47. The average molecular weight is 306 g/mol. The highest BCUT2D eigenvalue weighted by molar-refractivity contribution is 8.18. The molecule has 0 bridgehead atoms. The first-order valence-corrected chi connectivity index (χ1v) is 9.82. The van der Waals surface area contributed by atoms with Crippen LogP contribution in [-0.2, 0) is 0 Å². The molecule has 1 nitrogen and oxygen atoms in total. The normalized spacial score (nSPS) is 16.3. The van der Waals surface area contributed by atoms with Gasteiger partial charge in [0.25, 0.3) is 0 Å². The SMILES string of the molecule is C=CC[SH](CC(C)(C)C(C)(C)SCNC)C(C)(C)C. The molecule has 0 aliphatic carbocycles. The van der Waals surface area contributed by atoms with E-state index in [9.17, 15) is 0 Å². The summed E-state index contributed by atoms with van der Waals surface area (Å²) in [4.78, 5) is 0. The Hall–Kier alpha value is 0.400. The molecule has 0 aromatic rings. The Morgan fingerprint density at radius 3 is 2.00 bits per heavy atom. The lowest BCUT2D eigenvalue weighted by molar-refractivity contribution is 0.326. The molecule has 0 spiro atoms. The van der Waals surface area contributed by atoms with Gasteiger partial charge in [0.2, 0.25) is 0 Å². The van der Waals surface area contributed by atoms with Crippen LogP contribution in [-0.4, -0.2) is 33.9 Å². The Bertz CT molecular complexity index is 277. The topological polar surface area (TPSA) is 12.0 Å². The molecule has 0 aliphatic heterocycles. The van der Waals surface area contributed by atoms with Crippen molar-refractivity contribution in [2.24, 2.45) is 5.41 Å². The maximum atomic E-state index is 3.96. The fraction of sp³-hybridized carbons (Fsp3) is 0.875. The van der Waals surface area contributed by atoms with Crippen molar-refractivity contribution in [2.75, 3.05) is 24.4 Å². The summed E-state index contributed by atoms with van der Waals surface area (Å²) in [7, 11) is 2.00. The number of nitrogens with one attached hydrogen (secondary N) is 1. The molecule has 1 atom stereocenters. The van der Waals surface area contributed by atoms with Crippen molar-refractivity contribution in [3.05, 3.63) is 12.7 Å². The molecule has 19 heavy (non-hydrogen) atoms. The highest BCUT2D eigenvalue weighted by atomic mass is 32.2. The summed E-state index contributed by atoms with van der Waals surface area (Å²) in [6.07, 6.45) is 2.11. The molecule has 0 amide bonds. The molecule has 0 saturated heterocycles. The molecule has 1 unspecified atom stereocenters. The van der Waals surface area contributed by atoms with Gasteiger partial charge in [0, 0.05) is 10.6 Å². The third-order valence-electron chi connectivity index (χ3n) is 4.09. The summed E-state index contributed by atoms with van der Waals surface area (Å²) >= 11 is 2.03. The minimum Gasteiger partial charge on any atom is -0.311 e. The van der Waals surface area contributed by atoms with Gasteiger partial charge in [-0.1, -0.05) is 54.5 Å². The summed E-state index contributed by atoms with van der Waals surface area (Å²) in [5.41, 5.74) is 0.330. The number of rotatable bonds is 8. The third-order valence-corrected chi connectivity index (χ3v) is 9.57. The third kappa shape index (κ3) is 6.14. The quantitative estimate of drug-likeness (QED) is 0.383. The molecule has 1 N–H and O–H groups in total. The summed E-state index contributed by atoms with van der Waals surface area (Å²) < 4.78 is 0.688. The van der Waals surface area contributed by atoms with E-state index in [-0.39, 0.29) is 15.6 Å². The first-order valence-electron chi connectivity index (χ1n) is 7.12. The second-order valence-corrected chi connectivity index (χ2v) is 12.1. The van der Waals surface area contributed by atoms with Crippen molar-refractivity contribution in [1.82, 2.24) is 5.32 Å². The monoisotopic (exact) mass is 305 g/mol. The Balaban J connectivity index is 4.93. The van der Waals surface area contributed by atoms with Crippen LogP contribution in [0.4, 0.5) is 0 Å². The number of thiol groups is 1. The van der Waals surface area contributed by atoms with Gasteiger partial charge in [-0.3, -0.25) is 0 Å². The van der Waals surface area contributed by atoms with Gasteiger partial charge in [-0.05, 0) is 28.7 Å². The lowest BCUT2D eigenvalue weighted by Crippen LogP contribution is -2.41. The van der Waals surface area contributed by atoms with Gasteiger partial charge in [0.15, 0.2) is 0 Å². The van der Waals surface area contributed by atoms with Crippen LogP contribution in [0.15, 0.2) is 12.7 Å². The van der Waals surface area contributed by atoms with Gasteiger partial charge in [0.1, 0.15) is 0 Å². The lowest BCUT2D eigenvalue weighted by atomic mass is 9.82. The second-order valence-electron chi connectivity index (χ2n) is 7.38. The van der Waals surface area contributed by atoms with Crippen LogP contribution in [0.25, 0.3) is 0 Å². The first kappa shape index (κ1) is 19.4. The van der Waals surface area contributed by atoms with Gasteiger partial charge >= 0.3 is 0 Å². The average Bonchev–Trinajstić information content (AvgIpc) is 2.24. The smallest absolute Gasteiger partial charge is 0.0421 e. The van der Waals surface area contributed by atoms with Crippen molar-refractivity contribution in [3.63, 3.8) is 0 Å². The Labute approximate surface area is 128 Å². The van der Waals surface area contributed by atoms with E-state index in [0.717, 1.165) is 5.88 Å². The molecule has 3 heteroatoms. The molecule has 0 rings (SSSR count). The zero-order valence-corrected chi connectivity index (χ0v) is 16.0. The summed E-state index contributed by atoms with van der Waals surface area (Å²) in [5, 5.41) is 3.26. The van der Waals surface area contributed by atoms with E-state index in [4.69, 9.17) is 0 Å². The fourth-order valence-corrected chi connectivity index (χ4v) is 5.73. The predicted molar refractivity (Wildman–Crippen MR) is 98.0 cm³/mol. The van der Waals surface area contributed by atoms with Crippen molar-refractivity contribution >= 4 is 22.7 Å². The number of hydrogen-bond acceptors (Lipinski definition) is 2. The predicted octanol–water partition coefficient (Wildman–Crippen LogP) is 4.69. The van der Waals surface area contributed by atoms with Gasteiger partial charge in [0.05, 0.1) is 0 Å². The standard InChI is InChI=1S/C16H35NS2/c1-10-11-19(14(2,3)4)12-15(5,6)16(7,8)18-13-17-9/h10,17,19H,1,11-13H2,2-9H3. The van der Waals surface area contributed by atoms with Crippen LogP contribution in [0.5, 0.6) is 0 Å². The van der Waals surface area contributed by atoms with Crippen molar-refractivity contribution < 1.29 is 0 Å². The first-order chi connectivity index (χ1) is 8.48. The molecule has 0 aliphatic rings. The van der Waals surface area contributed by atoms with Crippen molar-refractivity contribution in [1.29, 1.82) is 0 Å². The van der Waals surface area contributed by atoms with Gasteiger partial charge in [-0.15, -0.1) is 18.3 Å². The molecule has 0 saturated carbocycles. The summed E-state index contributed by atoms with van der Waals surface area (Å²) in [6.45, 7) is 20.7. The minimum atomic E-state index is -0.0209. The summed E-state index contributed by atoms with van der Waals surface area (Å²) in [5.74, 6) is 3.50. The van der Waals surface area contributed by atoms with E-state index in [1.54, 1.807) is 0 Å². The number of thioether (sulfide) groups is 1. The van der Waals surface area contributed by atoms with E-state index in [1.807, 2.05) is 18.8 Å². The molecular weight excluding hydrogens is 270 g/mol. The van der Waals surface area contributed by atoms with Gasteiger partial charge in [-0.2, -0.15) is 0 Å². The van der Waals surface area contributed by atoms with Crippen LogP contribution < -0.4 is 5.32 Å². The highest BCUT2D eigenvalue weighted by Crippen LogP contribution is 2.51. The molecule has 0 aromatic heterocycles. The fourth-order valence-electron chi connectivity index (χ4n) is 1.85. The summed E-state index contributed by atoms with van der Waals surface area (Å²) in [6, 6.07) is 0. The zero-order chi connectivity index (χ0) is 15.3. The van der Waals surface area contributed by atoms with Gasteiger partial charge < -0.3 is 5.32 Å². The van der Waals surface area contributed by atoms with Gasteiger partial charge in [-0.25, -0.2) is 10.9 Å². The highest BCUT2D eigenvalue weighted by Gasteiger charge is 2.39. The second kappa shape index (κ2) is 7.42. The van der Waals surface area contributed by atoms with E-state index >= 15 is 0 Å². The largest absolute Gasteiger partial charge is 0.311 e. The van der Waals surface area contributed by atoms with E-state index < -0.39 is 0 Å². The van der Waals surface area contributed by atoms with E-state index in [2.05, 4.69) is 66.4 Å². The Kier molecular flexibility index (Phi) is 7.58. The van der Waals surface area contributed by atoms with Crippen molar-refractivity contribution in [3.8, 4) is 0 Å². The van der Waals surface area contributed by atoms with Crippen LogP contribution in [0.1, 0.15) is 48.5 Å². The number of hydrogen-bond donors (Lipinski definition) is 2. The minimum absolute atomic E-state index is 0.0209.